The van der Waals surface area contributed by atoms with Crippen LogP contribution < -0.4 is 11.1 Å². The molecule has 6 atom stereocenters. The number of allylic oxidation sites excluding steroid dienone is 3. The van der Waals surface area contributed by atoms with Crippen LogP contribution in [0.25, 0.3) is 0 Å². The highest BCUT2D eigenvalue weighted by molar-refractivity contribution is 6.23. The first kappa shape index (κ1) is 32.9. The maximum atomic E-state index is 13.3. The van der Waals surface area contributed by atoms with Crippen molar-refractivity contribution < 1.29 is 43.2 Å². The third kappa shape index (κ3) is 8.36. The number of ketones is 2. The van der Waals surface area contributed by atoms with Crippen molar-refractivity contribution in [1.29, 1.82) is 0 Å². The molecule has 1 heterocycles. The molecule has 2 rings (SSSR count). The number of rotatable bonds is 4. The number of hydrogen-bond donors (Lipinski definition) is 3. The second kappa shape index (κ2) is 14.9. The number of aliphatic hydroxyl groups excluding tert-OH is 1. The van der Waals surface area contributed by atoms with Crippen LogP contribution in [0.1, 0.15) is 53.4 Å². The van der Waals surface area contributed by atoms with Gasteiger partial charge in [0.2, 0.25) is 11.6 Å². The predicted molar refractivity (Wildman–Crippen MR) is 147 cm³/mol. The Morgan fingerprint density at radius 1 is 1.07 bits per heavy atom. The zero-order valence-corrected chi connectivity index (χ0v) is 24.3. The molecule has 2 bridgehead atoms. The van der Waals surface area contributed by atoms with Crippen LogP contribution in [-0.4, -0.2) is 74.4 Å². The monoisotopic (exact) mass is 562 g/mol. The van der Waals surface area contributed by atoms with E-state index in [0.717, 1.165) is 6.08 Å². The van der Waals surface area contributed by atoms with Crippen LogP contribution in [-0.2, 0) is 33.3 Å². The summed E-state index contributed by atoms with van der Waals surface area (Å²) in [6.45, 7) is 7.03. The van der Waals surface area contributed by atoms with Gasteiger partial charge in [0.05, 0.1) is 31.1 Å². The van der Waals surface area contributed by atoms with Gasteiger partial charge in [0.15, 0.2) is 11.9 Å². The van der Waals surface area contributed by atoms with Gasteiger partial charge in [-0.25, -0.2) is 4.79 Å². The van der Waals surface area contributed by atoms with E-state index in [1.807, 2.05) is 13.8 Å². The normalized spacial score (nSPS) is 32.3. The van der Waals surface area contributed by atoms with Crippen LogP contribution in [0.4, 0.5) is 4.79 Å². The van der Waals surface area contributed by atoms with Crippen LogP contribution in [0, 0.1) is 11.8 Å². The molecule has 0 aromatic carbocycles. The number of nitrogens with two attached hydrogens (primary N) is 1. The Morgan fingerprint density at radius 3 is 2.30 bits per heavy atom. The molecule has 0 spiro atoms. The Balaban J connectivity index is 2.54. The molecule has 0 saturated carbocycles. The molecule has 2 amide bonds. The standard InChI is InChI=1S/C29H42N2O9/c1-15-11-19-25(34)20(14-21(32)27(19)39-7)31-28(35)16(2)9-8-10-22(37-5)26(40-29(30)36)18(4)13-17(3)24(33)23(12-15)38-6/h9,13-15,17,22-24,26,33H,8,10-12H2,1-7H3,(H2,30,36)(H,31,35)/b16-9-,18-13-. The number of primary amides is 1. The van der Waals surface area contributed by atoms with Crippen LogP contribution >= 0.6 is 0 Å². The summed E-state index contributed by atoms with van der Waals surface area (Å²) >= 11 is 0. The van der Waals surface area contributed by atoms with Gasteiger partial charge >= 0.3 is 6.09 Å². The summed E-state index contributed by atoms with van der Waals surface area (Å²) in [5.41, 5.74) is 6.32. The first-order valence-corrected chi connectivity index (χ1v) is 13.3. The lowest BCUT2D eigenvalue weighted by atomic mass is 9.85. The van der Waals surface area contributed by atoms with E-state index in [1.165, 1.54) is 21.3 Å². The van der Waals surface area contributed by atoms with Crippen molar-refractivity contribution in [1.82, 2.24) is 5.32 Å². The second-order valence-corrected chi connectivity index (χ2v) is 10.4. The molecular weight excluding hydrogens is 520 g/mol. The maximum Gasteiger partial charge on any atom is 0.405 e. The number of nitrogens with one attached hydrogen (secondary N) is 1. The van der Waals surface area contributed by atoms with Crippen LogP contribution in [0.15, 0.2) is 46.4 Å². The van der Waals surface area contributed by atoms with E-state index in [0.29, 0.717) is 30.4 Å². The Hall–Kier alpha value is -3.28. The molecule has 222 valence electrons. The molecule has 0 aromatic rings. The minimum absolute atomic E-state index is 0.0689. The fourth-order valence-corrected chi connectivity index (χ4v) is 5.09. The van der Waals surface area contributed by atoms with Gasteiger partial charge in [-0.05, 0) is 51.0 Å². The highest BCUT2D eigenvalue weighted by Crippen LogP contribution is 2.29. The number of aliphatic hydroxyl groups is 1. The van der Waals surface area contributed by atoms with Crippen molar-refractivity contribution in [2.75, 3.05) is 21.3 Å². The molecule has 1 aliphatic carbocycles. The summed E-state index contributed by atoms with van der Waals surface area (Å²) in [6.07, 6.45) is 1.82. The SMILES string of the molecule is COC1=C2CC(C)CC(OC)C(O)C(C)/C=C(/C)C(OC(N)=O)C(OC)CC/C=C(/C)C(=O)NC(=CC1=O)C2=O. The van der Waals surface area contributed by atoms with Crippen LogP contribution in [0.5, 0.6) is 0 Å². The van der Waals surface area contributed by atoms with E-state index < -0.39 is 53.9 Å². The fourth-order valence-electron chi connectivity index (χ4n) is 5.09. The second-order valence-electron chi connectivity index (χ2n) is 10.4. The van der Waals surface area contributed by atoms with Gasteiger partial charge in [0, 0.05) is 37.4 Å². The van der Waals surface area contributed by atoms with Crippen molar-refractivity contribution in [3.8, 4) is 0 Å². The lowest BCUT2D eigenvalue weighted by Crippen LogP contribution is -2.37. The number of ether oxygens (including phenoxy) is 4. The summed E-state index contributed by atoms with van der Waals surface area (Å²) < 4.78 is 21.9. The summed E-state index contributed by atoms with van der Waals surface area (Å²) in [5.74, 6) is -2.26. The molecule has 11 heteroatoms. The van der Waals surface area contributed by atoms with Gasteiger partial charge in [0.1, 0.15) is 0 Å². The molecule has 0 fully saturated rings. The van der Waals surface area contributed by atoms with Gasteiger partial charge in [-0.2, -0.15) is 0 Å². The molecule has 4 N–H and O–H groups in total. The Bertz CT molecular complexity index is 1100. The average Bonchev–Trinajstić information content (AvgIpc) is 2.90. The topological polar surface area (TPSA) is 163 Å². The Labute approximate surface area is 235 Å². The van der Waals surface area contributed by atoms with E-state index in [4.69, 9.17) is 24.7 Å². The summed E-state index contributed by atoms with van der Waals surface area (Å²) in [6, 6.07) is 0. The first-order valence-electron chi connectivity index (χ1n) is 13.3. The maximum absolute atomic E-state index is 13.3. The van der Waals surface area contributed by atoms with E-state index in [1.54, 1.807) is 26.0 Å². The van der Waals surface area contributed by atoms with Crippen molar-refractivity contribution in [3.05, 3.63) is 46.4 Å². The molecule has 11 nitrogen and oxygen atoms in total. The van der Waals surface area contributed by atoms with Crippen molar-refractivity contribution in [2.45, 2.75) is 77.8 Å². The number of carbonyl (C=O) groups is 4. The van der Waals surface area contributed by atoms with Gasteiger partial charge in [0.25, 0.3) is 5.91 Å². The smallest absolute Gasteiger partial charge is 0.405 e. The Morgan fingerprint density at radius 2 is 1.73 bits per heavy atom. The first-order chi connectivity index (χ1) is 18.8. The number of fused-ring (bicyclic) bond motifs is 2. The highest BCUT2D eigenvalue weighted by atomic mass is 16.6. The third-order valence-corrected chi connectivity index (χ3v) is 7.27. The van der Waals surface area contributed by atoms with Crippen LogP contribution in [0.2, 0.25) is 0 Å². The zero-order chi connectivity index (χ0) is 30.1. The van der Waals surface area contributed by atoms with Gasteiger partial charge < -0.3 is 35.1 Å². The predicted octanol–water partition coefficient (Wildman–Crippen LogP) is 2.63. The summed E-state index contributed by atoms with van der Waals surface area (Å²) in [5, 5.41) is 13.7. The van der Waals surface area contributed by atoms with Gasteiger partial charge in [-0.15, -0.1) is 0 Å². The molecule has 2 aliphatic rings. The lowest BCUT2D eigenvalue weighted by Gasteiger charge is -2.30. The summed E-state index contributed by atoms with van der Waals surface area (Å²) in [4.78, 5) is 50.7. The van der Waals surface area contributed by atoms with Crippen LogP contribution in [0.3, 0.4) is 0 Å². The van der Waals surface area contributed by atoms with Crippen molar-refractivity contribution >= 4 is 23.6 Å². The molecule has 6 unspecified atom stereocenters. The zero-order valence-electron chi connectivity index (χ0n) is 24.3. The quantitative estimate of drug-likeness (QED) is 0.345. The average molecular weight is 563 g/mol. The molecule has 0 aromatic heterocycles. The molecular formula is C29H42N2O9. The van der Waals surface area contributed by atoms with Gasteiger partial charge in [-0.3, -0.25) is 14.4 Å². The van der Waals surface area contributed by atoms with E-state index in [9.17, 15) is 24.3 Å². The molecule has 1 aliphatic heterocycles. The minimum Gasteiger partial charge on any atom is -0.492 e. The van der Waals surface area contributed by atoms with Gasteiger partial charge in [-0.1, -0.05) is 26.0 Å². The number of Topliss-reactive ketones (excluding diaryl/α,β-unsaturated/α-hetero) is 1. The van der Waals surface area contributed by atoms with E-state index >= 15 is 0 Å². The number of hydrogen-bond acceptors (Lipinski definition) is 9. The number of carbonyl (C=O) groups excluding carboxylic acids is 4. The minimum atomic E-state index is -0.968. The largest absolute Gasteiger partial charge is 0.492 e. The van der Waals surface area contributed by atoms with Crippen molar-refractivity contribution in [2.24, 2.45) is 17.6 Å². The molecule has 40 heavy (non-hydrogen) atoms. The van der Waals surface area contributed by atoms with E-state index in [-0.39, 0.29) is 29.4 Å². The van der Waals surface area contributed by atoms with E-state index in [2.05, 4.69) is 5.32 Å². The lowest BCUT2D eigenvalue weighted by molar-refractivity contribution is -0.120. The number of amides is 2. The third-order valence-electron chi connectivity index (χ3n) is 7.27. The summed E-state index contributed by atoms with van der Waals surface area (Å²) in [7, 11) is 4.28. The molecule has 0 radical (unpaired) electrons. The Kier molecular flexibility index (Phi) is 12.3. The number of methoxy groups -OCH3 is 3. The molecule has 0 saturated heterocycles. The fraction of sp³-hybridized carbons (Fsp3) is 0.586. The van der Waals surface area contributed by atoms with Crippen molar-refractivity contribution in [3.63, 3.8) is 0 Å². The highest BCUT2D eigenvalue weighted by Gasteiger charge is 2.34.